The normalized spacial score (nSPS) is 16.3. The molecular weight excluding hydrogens is 212 g/mol. The van der Waals surface area contributed by atoms with Crippen LogP contribution in [0.1, 0.15) is 18.4 Å². The summed E-state index contributed by atoms with van der Waals surface area (Å²) in [4.78, 5) is 2.47. The molecule has 0 radical (unpaired) electrons. The summed E-state index contributed by atoms with van der Waals surface area (Å²) < 4.78 is 5.87. The van der Waals surface area contributed by atoms with Crippen molar-refractivity contribution in [2.75, 3.05) is 33.3 Å². The summed E-state index contributed by atoms with van der Waals surface area (Å²) >= 11 is 0. The smallest absolute Gasteiger partial charge is 0.123 e. The highest BCUT2D eigenvalue weighted by Gasteiger charge is 2.11. The molecule has 0 unspecified atom stereocenters. The van der Waals surface area contributed by atoms with E-state index in [1.54, 1.807) is 0 Å². The van der Waals surface area contributed by atoms with Crippen LogP contribution in [0.15, 0.2) is 24.3 Å². The number of hydrogen-bond acceptors (Lipinski definition) is 3. The number of hydrogen-bond donors (Lipinski definition) is 1. The minimum Gasteiger partial charge on any atom is -0.492 e. The first-order chi connectivity index (χ1) is 8.40. The first-order valence-corrected chi connectivity index (χ1v) is 6.48. The van der Waals surface area contributed by atoms with Gasteiger partial charge in [0.05, 0.1) is 0 Å². The Bertz CT molecular complexity index is 335. The molecule has 17 heavy (non-hydrogen) atoms. The van der Waals surface area contributed by atoms with Crippen molar-refractivity contribution in [1.82, 2.24) is 10.2 Å². The SMILES string of the molecule is CNCc1ccccc1OCCN1CCCC1. The third-order valence-electron chi connectivity index (χ3n) is 3.20. The molecule has 1 saturated heterocycles. The molecule has 0 spiro atoms. The summed E-state index contributed by atoms with van der Waals surface area (Å²) in [6.07, 6.45) is 2.69. The van der Waals surface area contributed by atoms with Crippen LogP contribution < -0.4 is 10.1 Å². The molecule has 0 aliphatic carbocycles. The van der Waals surface area contributed by atoms with E-state index in [1.165, 1.54) is 31.5 Å². The lowest BCUT2D eigenvalue weighted by molar-refractivity contribution is 0.236. The molecule has 1 aliphatic heterocycles. The predicted molar refractivity (Wildman–Crippen MR) is 70.4 cm³/mol. The van der Waals surface area contributed by atoms with Gasteiger partial charge < -0.3 is 10.1 Å². The molecular formula is C14H22N2O. The highest BCUT2D eigenvalue weighted by atomic mass is 16.5. The van der Waals surface area contributed by atoms with Gasteiger partial charge in [-0.15, -0.1) is 0 Å². The Morgan fingerprint density at radius 1 is 1.24 bits per heavy atom. The van der Waals surface area contributed by atoms with Gasteiger partial charge in [-0.3, -0.25) is 4.90 Å². The summed E-state index contributed by atoms with van der Waals surface area (Å²) in [6.45, 7) is 5.18. The molecule has 0 aromatic heterocycles. The average Bonchev–Trinajstić information content (AvgIpc) is 2.85. The van der Waals surface area contributed by atoms with E-state index in [0.717, 1.165) is 25.4 Å². The molecule has 2 rings (SSSR count). The van der Waals surface area contributed by atoms with Crippen molar-refractivity contribution in [1.29, 1.82) is 0 Å². The van der Waals surface area contributed by atoms with Crippen molar-refractivity contribution in [2.45, 2.75) is 19.4 Å². The largest absolute Gasteiger partial charge is 0.492 e. The number of ether oxygens (including phenoxy) is 1. The lowest BCUT2D eigenvalue weighted by Gasteiger charge is -2.16. The molecule has 94 valence electrons. The summed E-state index contributed by atoms with van der Waals surface area (Å²) in [7, 11) is 1.96. The Morgan fingerprint density at radius 2 is 2.00 bits per heavy atom. The second-order valence-corrected chi connectivity index (χ2v) is 4.54. The van der Waals surface area contributed by atoms with Crippen LogP contribution in [0.5, 0.6) is 5.75 Å². The van der Waals surface area contributed by atoms with E-state index in [-0.39, 0.29) is 0 Å². The van der Waals surface area contributed by atoms with Crippen molar-refractivity contribution < 1.29 is 4.74 Å². The van der Waals surface area contributed by atoms with E-state index >= 15 is 0 Å². The third-order valence-corrected chi connectivity index (χ3v) is 3.20. The van der Waals surface area contributed by atoms with Gasteiger partial charge in [-0.2, -0.15) is 0 Å². The second-order valence-electron chi connectivity index (χ2n) is 4.54. The van der Waals surface area contributed by atoms with E-state index in [0.29, 0.717) is 0 Å². The van der Waals surface area contributed by atoms with Crippen molar-refractivity contribution in [3.8, 4) is 5.75 Å². The zero-order chi connectivity index (χ0) is 11.9. The van der Waals surface area contributed by atoms with Crippen molar-refractivity contribution in [2.24, 2.45) is 0 Å². The summed E-state index contributed by atoms with van der Waals surface area (Å²) in [5, 5.41) is 3.17. The van der Waals surface area contributed by atoms with E-state index < -0.39 is 0 Å². The first kappa shape index (κ1) is 12.4. The van der Waals surface area contributed by atoms with E-state index in [1.807, 2.05) is 13.1 Å². The molecule has 1 aliphatic rings. The minimum absolute atomic E-state index is 0.792. The Hall–Kier alpha value is -1.06. The van der Waals surface area contributed by atoms with Crippen molar-refractivity contribution in [3.05, 3.63) is 29.8 Å². The summed E-state index contributed by atoms with van der Waals surface area (Å²) in [5.41, 5.74) is 1.23. The number of likely N-dealkylation sites (tertiary alicyclic amines) is 1. The third kappa shape index (κ3) is 3.72. The molecule has 1 fully saturated rings. The van der Waals surface area contributed by atoms with Crippen LogP contribution in [0.25, 0.3) is 0 Å². The van der Waals surface area contributed by atoms with Gasteiger partial charge >= 0.3 is 0 Å². The van der Waals surface area contributed by atoms with Gasteiger partial charge in [-0.1, -0.05) is 18.2 Å². The Labute approximate surface area is 104 Å². The average molecular weight is 234 g/mol. The highest BCUT2D eigenvalue weighted by Crippen LogP contribution is 2.17. The molecule has 0 amide bonds. The molecule has 3 heteroatoms. The molecule has 0 atom stereocenters. The molecule has 0 bridgehead atoms. The van der Waals surface area contributed by atoms with Crippen LogP contribution in [-0.2, 0) is 6.54 Å². The van der Waals surface area contributed by atoms with Gasteiger partial charge in [-0.05, 0) is 39.0 Å². The second kappa shape index (κ2) is 6.62. The minimum atomic E-state index is 0.792. The maximum atomic E-state index is 5.87. The lowest BCUT2D eigenvalue weighted by Crippen LogP contribution is -2.25. The summed E-state index contributed by atoms with van der Waals surface area (Å²) in [5.74, 6) is 1.01. The molecule has 1 heterocycles. The lowest BCUT2D eigenvalue weighted by atomic mass is 10.2. The van der Waals surface area contributed by atoms with Crippen LogP contribution in [0.4, 0.5) is 0 Å². The maximum Gasteiger partial charge on any atom is 0.123 e. The summed E-state index contributed by atoms with van der Waals surface area (Å²) in [6, 6.07) is 8.25. The van der Waals surface area contributed by atoms with E-state index in [9.17, 15) is 0 Å². The number of para-hydroxylation sites is 1. The zero-order valence-corrected chi connectivity index (χ0v) is 10.6. The van der Waals surface area contributed by atoms with Crippen LogP contribution >= 0.6 is 0 Å². The first-order valence-electron chi connectivity index (χ1n) is 6.48. The van der Waals surface area contributed by atoms with Gasteiger partial charge in [0.1, 0.15) is 12.4 Å². The van der Waals surface area contributed by atoms with Crippen LogP contribution in [-0.4, -0.2) is 38.2 Å². The van der Waals surface area contributed by atoms with Gasteiger partial charge in [0.25, 0.3) is 0 Å². The quantitative estimate of drug-likeness (QED) is 0.813. The van der Waals surface area contributed by atoms with Crippen LogP contribution in [0.2, 0.25) is 0 Å². The molecule has 3 nitrogen and oxygen atoms in total. The molecule has 1 aromatic rings. The van der Waals surface area contributed by atoms with Gasteiger partial charge in [0.2, 0.25) is 0 Å². The van der Waals surface area contributed by atoms with Crippen LogP contribution in [0.3, 0.4) is 0 Å². The highest BCUT2D eigenvalue weighted by molar-refractivity contribution is 5.33. The molecule has 1 N–H and O–H groups in total. The van der Waals surface area contributed by atoms with E-state index in [2.05, 4.69) is 28.4 Å². The number of rotatable bonds is 6. The fraction of sp³-hybridized carbons (Fsp3) is 0.571. The fourth-order valence-corrected chi connectivity index (χ4v) is 2.27. The fourth-order valence-electron chi connectivity index (χ4n) is 2.27. The Kier molecular flexibility index (Phi) is 4.83. The molecule has 1 aromatic carbocycles. The van der Waals surface area contributed by atoms with Crippen molar-refractivity contribution in [3.63, 3.8) is 0 Å². The topological polar surface area (TPSA) is 24.5 Å². The monoisotopic (exact) mass is 234 g/mol. The number of nitrogens with one attached hydrogen (secondary N) is 1. The van der Waals surface area contributed by atoms with Gasteiger partial charge in [-0.25, -0.2) is 0 Å². The standard InChI is InChI=1S/C14H22N2O/c1-15-12-13-6-2-3-7-14(13)17-11-10-16-8-4-5-9-16/h2-3,6-7,15H,4-5,8-12H2,1H3. The van der Waals surface area contributed by atoms with Gasteiger partial charge in [0.15, 0.2) is 0 Å². The van der Waals surface area contributed by atoms with Crippen molar-refractivity contribution >= 4 is 0 Å². The Balaban J connectivity index is 1.80. The zero-order valence-electron chi connectivity index (χ0n) is 10.6. The predicted octanol–water partition coefficient (Wildman–Crippen LogP) is 1.88. The maximum absolute atomic E-state index is 5.87. The van der Waals surface area contributed by atoms with Gasteiger partial charge in [0, 0.05) is 18.7 Å². The Morgan fingerprint density at radius 3 is 2.76 bits per heavy atom. The van der Waals surface area contributed by atoms with Crippen LogP contribution in [0, 0.1) is 0 Å². The number of benzene rings is 1. The number of nitrogens with zero attached hydrogens (tertiary/aromatic N) is 1. The molecule has 0 saturated carbocycles. The van der Waals surface area contributed by atoms with E-state index in [4.69, 9.17) is 4.74 Å².